The normalized spacial score (nSPS) is 17.4. The predicted octanol–water partition coefficient (Wildman–Crippen LogP) is 1.64. The number of carboxylic acid groups (broad SMARTS) is 1. The molecule has 1 aliphatic heterocycles. The molecule has 1 amide bonds. The fourth-order valence-corrected chi connectivity index (χ4v) is 2.74. The van der Waals surface area contributed by atoms with Crippen molar-refractivity contribution < 1.29 is 14.7 Å². The molecule has 1 aromatic carbocycles. The zero-order valence-corrected chi connectivity index (χ0v) is 11.6. The summed E-state index contributed by atoms with van der Waals surface area (Å²) in [6, 6.07) is 9.08. The monoisotopic (exact) mass is 276 g/mol. The zero-order valence-electron chi connectivity index (χ0n) is 11.6. The second-order valence-electron chi connectivity index (χ2n) is 5.00. The molecule has 0 saturated carbocycles. The van der Waals surface area contributed by atoms with Crippen LogP contribution in [0.25, 0.3) is 0 Å². The average molecular weight is 276 g/mol. The lowest BCUT2D eigenvalue weighted by Gasteiger charge is -2.43. The smallest absolute Gasteiger partial charge is 0.330 e. The standard InChI is InChI=1S/C15H20N2O3/c1-2-13(18)17(12-6-4-3-5-7-12)15(14(19)20)8-10-16-11-9-15/h3-7,16H,2,8-11H2,1H3,(H,19,20). The Bertz CT molecular complexity index is 481. The number of carboxylic acids is 1. The maximum atomic E-state index is 12.4. The molecular formula is C15H20N2O3. The molecule has 1 fully saturated rings. The summed E-state index contributed by atoms with van der Waals surface area (Å²) >= 11 is 0. The maximum absolute atomic E-state index is 12.4. The molecule has 0 aromatic heterocycles. The quantitative estimate of drug-likeness (QED) is 0.877. The molecule has 0 aliphatic carbocycles. The van der Waals surface area contributed by atoms with Crippen molar-refractivity contribution in [1.29, 1.82) is 0 Å². The lowest BCUT2D eigenvalue weighted by Crippen LogP contribution is -2.61. The van der Waals surface area contributed by atoms with Crippen LogP contribution in [0.3, 0.4) is 0 Å². The van der Waals surface area contributed by atoms with E-state index >= 15 is 0 Å². The number of amides is 1. The van der Waals surface area contributed by atoms with Crippen LogP contribution in [-0.4, -0.2) is 35.6 Å². The molecule has 5 heteroatoms. The van der Waals surface area contributed by atoms with Gasteiger partial charge in [-0.2, -0.15) is 0 Å². The number of aliphatic carboxylic acids is 1. The third kappa shape index (κ3) is 2.54. The van der Waals surface area contributed by atoms with E-state index in [4.69, 9.17) is 0 Å². The zero-order chi connectivity index (χ0) is 14.6. The lowest BCUT2D eigenvalue weighted by atomic mass is 9.85. The Morgan fingerprint density at radius 2 is 1.85 bits per heavy atom. The highest BCUT2D eigenvalue weighted by Crippen LogP contribution is 2.32. The molecule has 20 heavy (non-hydrogen) atoms. The topological polar surface area (TPSA) is 69.6 Å². The molecule has 2 rings (SSSR count). The van der Waals surface area contributed by atoms with E-state index in [1.807, 2.05) is 18.2 Å². The number of nitrogens with zero attached hydrogens (tertiary/aromatic N) is 1. The third-order valence-corrected chi connectivity index (χ3v) is 3.82. The van der Waals surface area contributed by atoms with Crippen molar-refractivity contribution in [2.24, 2.45) is 0 Å². The van der Waals surface area contributed by atoms with Gasteiger partial charge in [0.1, 0.15) is 5.54 Å². The number of anilines is 1. The molecule has 108 valence electrons. The van der Waals surface area contributed by atoms with E-state index in [2.05, 4.69) is 5.32 Å². The van der Waals surface area contributed by atoms with E-state index in [-0.39, 0.29) is 12.3 Å². The number of hydrogen-bond acceptors (Lipinski definition) is 3. The molecule has 1 aliphatic rings. The van der Waals surface area contributed by atoms with Crippen LogP contribution in [-0.2, 0) is 9.59 Å². The van der Waals surface area contributed by atoms with Crippen LogP contribution in [0.5, 0.6) is 0 Å². The lowest BCUT2D eigenvalue weighted by molar-refractivity contribution is -0.146. The largest absolute Gasteiger partial charge is 0.479 e. The van der Waals surface area contributed by atoms with Gasteiger partial charge in [-0.05, 0) is 38.1 Å². The van der Waals surface area contributed by atoms with Gasteiger partial charge >= 0.3 is 5.97 Å². The van der Waals surface area contributed by atoms with Crippen molar-refractivity contribution >= 4 is 17.6 Å². The Kier molecular flexibility index (Phi) is 4.39. The number of nitrogens with one attached hydrogen (secondary N) is 1. The van der Waals surface area contributed by atoms with Crippen molar-refractivity contribution in [3.8, 4) is 0 Å². The Morgan fingerprint density at radius 3 is 2.35 bits per heavy atom. The molecule has 0 spiro atoms. The second kappa shape index (κ2) is 6.05. The SMILES string of the molecule is CCC(=O)N(c1ccccc1)C1(C(=O)O)CCNCC1. The van der Waals surface area contributed by atoms with Gasteiger partial charge in [-0.15, -0.1) is 0 Å². The van der Waals surface area contributed by atoms with E-state index in [1.54, 1.807) is 19.1 Å². The summed E-state index contributed by atoms with van der Waals surface area (Å²) in [5, 5.41) is 12.9. The first kappa shape index (κ1) is 14.5. The molecule has 2 N–H and O–H groups in total. The first-order valence-electron chi connectivity index (χ1n) is 6.94. The number of carbonyl (C=O) groups is 2. The van der Waals surface area contributed by atoms with E-state index in [9.17, 15) is 14.7 Å². The Balaban J connectivity index is 2.48. The summed E-state index contributed by atoms with van der Waals surface area (Å²) in [4.78, 5) is 25.7. The van der Waals surface area contributed by atoms with Crippen molar-refractivity contribution in [2.45, 2.75) is 31.7 Å². The maximum Gasteiger partial charge on any atom is 0.330 e. The summed E-state index contributed by atoms with van der Waals surface area (Å²) < 4.78 is 0. The number of piperidine rings is 1. The van der Waals surface area contributed by atoms with Crippen LogP contribution in [0.1, 0.15) is 26.2 Å². The Morgan fingerprint density at radius 1 is 1.25 bits per heavy atom. The molecule has 1 aromatic rings. The van der Waals surface area contributed by atoms with Gasteiger partial charge in [0.25, 0.3) is 0 Å². The van der Waals surface area contributed by atoms with E-state index in [0.717, 1.165) is 0 Å². The highest BCUT2D eigenvalue weighted by molar-refractivity contribution is 6.01. The van der Waals surface area contributed by atoms with Crippen molar-refractivity contribution in [3.05, 3.63) is 30.3 Å². The van der Waals surface area contributed by atoms with Crippen LogP contribution in [0.15, 0.2) is 30.3 Å². The van der Waals surface area contributed by atoms with E-state index in [0.29, 0.717) is 31.6 Å². The molecule has 5 nitrogen and oxygen atoms in total. The van der Waals surface area contributed by atoms with Gasteiger partial charge in [-0.25, -0.2) is 4.79 Å². The van der Waals surface area contributed by atoms with Gasteiger partial charge in [0.05, 0.1) is 0 Å². The van der Waals surface area contributed by atoms with Crippen molar-refractivity contribution in [2.75, 3.05) is 18.0 Å². The van der Waals surface area contributed by atoms with Gasteiger partial charge in [-0.3, -0.25) is 9.69 Å². The summed E-state index contributed by atoms with van der Waals surface area (Å²) in [5.74, 6) is -1.08. The first-order chi connectivity index (χ1) is 9.62. The van der Waals surface area contributed by atoms with Crippen molar-refractivity contribution in [1.82, 2.24) is 5.32 Å². The van der Waals surface area contributed by atoms with E-state index in [1.165, 1.54) is 4.90 Å². The minimum absolute atomic E-state index is 0.152. The summed E-state index contributed by atoms with van der Waals surface area (Å²) in [7, 11) is 0. The van der Waals surface area contributed by atoms with Gasteiger partial charge in [0.15, 0.2) is 0 Å². The van der Waals surface area contributed by atoms with Gasteiger partial charge in [0, 0.05) is 12.1 Å². The number of carbonyl (C=O) groups excluding carboxylic acids is 1. The second-order valence-corrected chi connectivity index (χ2v) is 5.00. The van der Waals surface area contributed by atoms with E-state index < -0.39 is 11.5 Å². The van der Waals surface area contributed by atoms with Crippen LogP contribution >= 0.6 is 0 Å². The minimum Gasteiger partial charge on any atom is -0.479 e. The Hall–Kier alpha value is -1.88. The number of hydrogen-bond donors (Lipinski definition) is 2. The fourth-order valence-electron chi connectivity index (χ4n) is 2.74. The van der Waals surface area contributed by atoms with Crippen LogP contribution in [0.2, 0.25) is 0 Å². The molecular weight excluding hydrogens is 256 g/mol. The molecule has 0 bridgehead atoms. The van der Waals surface area contributed by atoms with Gasteiger partial charge in [0.2, 0.25) is 5.91 Å². The predicted molar refractivity (Wildman–Crippen MR) is 76.7 cm³/mol. The van der Waals surface area contributed by atoms with Gasteiger partial charge < -0.3 is 10.4 Å². The minimum atomic E-state index is -1.14. The highest BCUT2D eigenvalue weighted by atomic mass is 16.4. The highest BCUT2D eigenvalue weighted by Gasteiger charge is 2.47. The summed E-state index contributed by atoms with van der Waals surface area (Å²) in [6.45, 7) is 2.97. The molecule has 0 unspecified atom stereocenters. The number of benzene rings is 1. The summed E-state index contributed by atoms with van der Waals surface area (Å²) in [5.41, 5.74) is -0.483. The molecule has 0 atom stereocenters. The van der Waals surface area contributed by atoms with Crippen LogP contribution in [0, 0.1) is 0 Å². The number of rotatable bonds is 4. The molecule has 1 saturated heterocycles. The molecule has 1 heterocycles. The Labute approximate surface area is 118 Å². The third-order valence-electron chi connectivity index (χ3n) is 3.82. The fraction of sp³-hybridized carbons (Fsp3) is 0.467. The first-order valence-corrected chi connectivity index (χ1v) is 6.94. The summed E-state index contributed by atoms with van der Waals surface area (Å²) in [6.07, 6.45) is 1.13. The molecule has 0 radical (unpaired) electrons. The van der Waals surface area contributed by atoms with Crippen LogP contribution < -0.4 is 10.2 Å². The van der Waals surface area contributed by atoms with Crippen molar-refractivity contribution in [3.63, 3.8) is 0 Å². The van der Waals surface area contributed by atoms with Gasteiger partial charge in [-0.1, -0.05) is 25.1 Å². The number of para-hydroxylation sites is 1. The van der Waals surface area contributed by atoms with Crippen LogP contribution in [0.4, 0.5) is 5.69 Å². The average Bonchev–Trinajstić information content (AvgIpc) is 2.49.